The summed E-state index contributed by atoms with van der Waals surface area (Å²) in [4.78, 5) is 10.9. The van der Waals surface area contributed by atoms with Gasteiger partial charge in [-0.25, -0.2) is 0 Å². The second-order valence-electron chi connectivity index (χ2n) is 5.50. The maximum absolute atomic E-state index is 10.2. The molecule has 1 fully saturated rings. The molecule has 2 aliphatic heterocycles. The van der Waals surface area contributed by atoms with Gasteiger partial charge in [-0.05, 0) is 0 Å². The number of aromatic nitrogens is 3. The van der Waals surface area contributed by atoms with Gasteiger partial charge in [0, 0.05) is 0 Å². The van der Waals surface area contributed by atoms with Gasteiger partial charge in [-0.1, -0.05) is 0 Å². The fraction of sp³-hybridized carbons (Fsp3) is 0.333. The zero-order chi connectivity index (χ0) is 16.0. The summed E-state index contributed by atoms with van der Waals surface area (Å²) < 4.78 is 8.51. The Bertz CT molecular complexity index is 803. The Balaban J connectivity index is 1.76. The number of ether oxygens (including phenoxy) is 1. The topological polar surface area (TPSA) is 101 Å². The Labute approximate surface area is 138 Å². The summed E-state index contributed by atoms with van der Waals surface area (Å²) in [6.45, 7) is -0.349. The molecule has 122 valence electrons. The van der Waals surface area contributed by atoms with E-state index in [9.17, 15) is 15.3 Å². The predicted octanol–water partition coefficient (Wildman–Crippen LogP) is -0.920. The van der Waals surface area contributed by atoms with E-state index in [1.165, 1.54) is 10.8 Å². The van der Waals surface area contributed by atoms with Crippen LogP contribution < -0.4 is 0 Å². The van der Waals surface area contributed by atoms with Crippen molar-refractivity contribution in [2.75, 3.05) is 6.61 Å². The number of hydrogen-bond acceptors (Lipinski definition) is 6. The number of aliphatic hydroxyl groups excluding tert-OH is 3. The Hall–Kier alpha value is -1.54. The Morgan fingerprint density at radius 1 is 1.26 bits per heavy atom. The molecule has 0 unspecified atom stereocenters. The summed E-state index contributed by atoms with van der Waals surface area (Å²) in [5.74, 6) is 0. The van der Waals surface area contributed by atoms with Crippen LogP contribution >= 0.6 is 0 Å². The van der Waals surface area contributed by atoms with Crippen LogP contribution in [0.5, 0.6) is 0 Å². The van der Waals surface area contributed by atoms with Crippen molar-refractivity contribution in [2.45, 2.75) is 24.5 Å². The van der Waals surface area contributed by atoms with Gasteiger partial charge >= 0.3 is 138 Å². The average Bonchev–Trinajstić information content (AvgIpc) is 3.28. The second-order valence-corrected chi connectivity index (χ2v) is 7.93. The molecular formula is C15H17N3O4Se. The van der Waals surface area contributed by atoms with Crippen LogP contribution in [0.15, 0.2) is 35.7 Å². The van der Waals surface area contributed by atoms with Gasteiger partial charge in [-0.15, -0.1) is 0 Å². The maximum atomic E-state index is 10.2. The summed E-state index contributed by atoms with van der Waals surface area (Å²) in [5, 5.41) is 30.3. The van der Waals surface area contributed by atoms with Crippen LogP contribution in [0.3, 0.4) is 0 Å². The average molecular weight is 382 g/mol. The number of fused-ring (bicyclic) bond motifs is 1. The van der Waals surface area contributed by atoms with Crippen molar-refractivity contribution in [3.8, 4) is 0 Å². The molecule has 0 saturated carbocycles. The summed E-state index contributed by atoms with van der Waals surface area (Å²) in [6, 6.07) is 1.89. The molecule has 23 heavy (non-hydrogen) atoms. The van der Waals surface area contributed by atoms with Gasteiger partial charge in [0.05, 0.1) is 0 Å². The zero-order valence-electron chi connectivity index (χ0n) is 12.1. The molecule has 0 aromatic carbocycles. The van der Waals surface area contributed by atoms with Gasteiger partial charge in [0.2, 0.25) is 0 Å². The molecular weight excluding hydrogens is 365 g/mol. The number of rotatable bonds is 3. The fourth-order valence-corrected chi connectivity index (χ4v) is 4.87. The van der Waals surface area contributed by atoms with Crippen LogP contribution in [-0.2, 0) is 4.74 Å². The van der Waals surface area contributed by atoms with Gasteiger partial charge in [0.25, 0.3) is 0 Å². The molecule has 2 aliphatic rings. The molecule has 1 saturated heterocycles. The Morgan fingerprint density at radius 3 is 2.83 bits per heavy atom. The number of hydrogen-bond donors (Lipinski definition) is 3. The quantitative estimate of drug-likeness (QED) is 0.594. The van der Waals surface area contributed by atoms with Gasteiger partial charge in [-0.3, -0.25) is 0 Å². The van der Waals surface area contributed by atoms with Gasteiger partial charge < -0.3 is 0 Å². The van der Waals surface area contributed by atoms with Crippen molar-refractivity contribution in [3.63, 3.8) is 0 Å². The summed E-state index contributed by atoms with van der Waals surface area (Å²) in [6.07, 6.45) is 3.56. The van der Waals surface area contributed by atoms with Crippen molar-refractivity contribution in [3.05, 3.63) is 41.4 Å². The molecule has 4 heterocycles. The van der Waals surface area contributed by atoms with E-state index in [1.54, 1.807) is 10.8 Å². The van der Waals surface area contributed by atoms with E-state index in [0.29, 0.717) is 5.65 Å². The number of nitrogens with zero attached hydrogens (tertiary/aromatic N) is 3. The van der Waals surface area contributed by atoms with Crippen LogP contribution in [0, 0.1) is 0 Å². The van der Waals surface area contributed by atoms with E-state index in [4.69, 9.17) is 4.74 Å². The molecule has 4 rings (SSSR count). The van der Waals surface area contributed by atoms with E-state index in [1.807, 2.05) is 12.1 Å². The summed E-state index contributed by atoms with van der Waals surface area (Å²) in [7, 11) is 0. The van der Waals surface area contributed by atoms with Crippen LogP contribution in [0.2, 0.25) is 0 Å². The number of allylic oxidation sites excluding steroid dienone is 2. The van der Waals surface area contributed by atoms with Crippen molar-refractivity contribution >= 4 is 30.5 Å². The first-order chi connectivity index (χ1) is 11.2. The first-order valence-electron chi connectivity index (χ1n) is 7.28. The molecule has 2 aromatic rings. The van der Waals surface area contributed by atoms with Crippen LogP contribution in [0.4, 0.5) is 0 Å². The van der Waals surface area contributed by atoms with Crippen LogP contribution in [0.25, 0.3) is 15.5 Å². The minimum atomic E-state index is -1.13. The monoisotopic (exact) mass is 383 g/mol. The van der Waals surface area contributed by atoms with Crippen molar-refractivity contribution in [2.24, 2.45) is 0 Å². The van der Waals surface area contributed by atoms with E-state index in [2.05, 4.69) is 21.0 Å². The molecule has 3 N–H and O–H groups in total. The third kappa shape index (κ3) is 2.35. The van der Waals surface area contributed by atoms with Crippen LogP contribution in [-0.4, -0.2) is 69.7 Å². The number of aliphatic hydroxyl groups is 3. The minimum absolute atomic E-state index is 0.315. The van der Waals surface area contributed by atoms with E-state index < -0.39 is 24.5 Å². The third-order valence-electron chi connectivity index (χ3n) is 4.15. The molecule has 0 bridgehead atoms. The molecule has 0 aliphatic carbocycles. The molecule has 0 radical (unpaired) electrons. The summed E-state index contributed by atoms with van der Waals surface area (Å²) in [5.41, 5.74) is 1.55. The van der Waals surface area contributed by atoms with Gasteiger partial charge in [0.1, 0.15) is 0 Å². The Kier molecular flexibility index (Phi) is 3.80. The molecule has 7 nitrogen and oxygen atoms in total. The molecule has 0 amide bonds. The van der Waals surface area contributed by atoms with Crippen molar-refractivity contribution < 1.29 is 20.1 Å². The van der Waals surface area contributed by atoms with Crippen molar-refractivity contribution in [1.82, 2.24) is 14.5 Å². The molecule has 4 atom stereocenters. The first kappa shape index (κ1) is 15.0. The molecule has 2 aromatic heterocycles. The van der Waals surface area contributed by atoms with Crippen molar-refractivity contribution in [1.29, 1.82) is 0 Å². The fourth-order valence-electron chi connectivity index (χ4n) is 2.98. The second kappa shape index (κ2) is 5.83. The van der Waals surface area contributed by atoms with E-state index in [0.717, 1.165) is 11.1 Å². The van der Waals surface area contributed by atoms with Gasteiger partial charge in [-0.2, -0.15) is 0 Å². The zero-order valence-corrected chi connectivity index (χ0v) is 14.2. The Morgan fingerprint density at radius 2 is 2.13 bits per heavy atom. The summed E-state index contributed by atoms with van der Waals surface area (Å²) >= 11 is -0.315. The van der Waals surface area contributed by atoms with E-state index in [-0.39, 0.29) is 21.6 Å². The van der Waals surface area contributed by atoms with E-state index >= 15 is 0 Å². The SMILES string of the molecule is OC[C@H]1O[C@@H](n2ccc3c(C4=CC=C[SeH2]4)ncnc32)[C@H](O)[C@@H]1O. The normalized spacial score (nSPS) is 32.0. The first-order valence-corrected chi connectivity index (χ1v) is 9.54. The van der Waals surface area contributed by atoms with Crippen LogP contribution in [0.1, 0.15) is 11.9 Å². The third-order valence-corrected chi connectivity index (χ3v) is 6.41. The standard InChI is InChI=1S/C15H17N3O4Se/c19-6-9-12(20)13(21)15(22-9)18-4-3-8-11(10-2-1-5-23-10)16-7-17-14(8)18/h1-5,7,9,12-13,15,19-21H,6,23H2/t9-,12-,13-,15-/m1/s1. The predicted molar refractivity (Wildman–Crippen MR) is 86.2 cm³/mol. The molecule has 8 heteroatoms. The molecule has 0 spiro atoms. The van der Waals surface area contributed by atoms with Gasteiger partial charge in [0.15, 0.2) is 0 Å².